The summed E-state index contributed by atoms with van der Waals surface area (Å²) in [5, 5.41) is -1.06. The monoisotopic (exact) mass is 342 g/mol. The average molecular weight is 342 g/mol. The lowest BCUT2D eigenvalue weighted by Crippen LogP contribution is -2.37. The molecular weight excluding hydrogens is 329 g/mol. The molecular formula is C11H13F3N2O3S2. The highest BCUT2D eigenvalue weighted by Crippen LogP contribution is 2.24. The Morgan fingerprint density at radius 2 is 1.90 bits per heavy atom. The second-order valence-electron chi connectivity index (χ2n) is 4.02. The van der Waals surface area contributed by atoms with E-state index < -0.39 is 27.4 Å². The van der Waals surface area contributed by atoms with E-state index in [9.17, 15) is 21.6 Å². The summed E-state index contributed by atoms with van der Waals surface area (Å²) in [7, 11) is -3.85. The zero-order chi connectivity index (χ0) is 16.3. The molecule has 0 saturated heterocycles. The van der Waals surface area contributed by atoms with E-state index in [1.807, 2.05) is 0 Å². The number of benzene rings is 1. The van der Waals surface area contributed by atoms with E-state index in [0.717, 1.165) is 24.3 Å². The Kier molecular flexibility index (Phi) is 5.40. The molecule has 0 radical (unpaired) electrons. The van der Waals surface area contributed by atoms with E-state index in [4.69, 9.17) is 5.73 Å². The van der Waals surface area contributed by atoms with Crippen molar-refractivity contribution in [3.63, 3.8) is 0 Å². The summed E-state index contributed by atoms with van der Waals surface area (Å²) in [5.41, 5.74) is 5.43. The predicted molar refractivity (Wildman–Crippen MR) is 76.5 cm³/mol. The number of rotatable bonds is 6. The fraction of sp³-hybridized carbons (Fsp3) is 0.364. The van der Waals surface area contributed by atoms with Gasteiger partial charge in [-0.3, -0.25) is 4.72 Å². The third-order valence-electron chi connectivity index (χ3n) is 2.41. The molecule has 1 unspecified atom stereocenters. The van der Waals surface area contributed by atoms with E-state index in [1.165, 1.54) is 0 Å². The van der Waals surface area contributed by atoms with Crippen molar-refractivity contribution in [1.82, 2.24) is 0 Å². The van der Waals surface area contributed by atoms with Gasteiger partial charge in [0, 0.05) is 5.69 Å². The standard InChI is InChI=1S/C11H13F3N2O3S2/c1-2-9(10(15)20)21(17,18)16-7-3-5-8(6-4-7)19-11(12,13)14/h3-6,9,16H,2H2,1H3,(H2,15,20). The Morgan fingerprint density at radius 1 is 1.38 bits per heavy atom. The Labute approximate surface area is 125 Å². The lowest BCUT2D eigenvalue weighted by Gasteiger charge is -2.16. The number of hydrogen-bond acceptors (Lipinski definition) is 4. The molecule has 1 aromatic carbocycles. The quantitative estimate of drug-likeness (QED) is 0.776. The van der Waals surface area contributed by atoms with Crippen LogP contribution in [0.5, 0.6) is 5.75 Å². The summed E-state index contributed by atoms with van der Waals surface area (Å²) in [4.78, 5) is -0.179. The average Bonchev–Trinajstić information content (AvgIpc) is 2.29. The molecule has 21 heavy (non-hydrogen) atoms. The second kappa shape index (κ2) is 6.48. The number of nitrogens with one attached hydrogen (secondary N) is 1. The fourth-order valence-electron chi connectivity index (χ4n) is 1.53. The minimum absolute atomic E-state index is 0.0826. The van der Waals surface area contributed by atoms with Crippen molar-refractivity contribution in [2.75, 3.05) is 4.72 Å². The minimum atomic E-state index is -4.81. The molecule has 1 aromatic rings. The van der Waals surface area contributed by atoms with Crippen LogP contribution in [0, 0.1) is 0 Å². The topological polar surface area (TPSA) is 81.4 Å². The van der Waals surface area contributed by atoms with Gasteiger partial charge in [0.25, 0.3) is 0 Å². The summed E-state index contributed by atoms with van der Waals surface area (Å²) in [6.45, 7) is 1.60. The lowest BCUT2D eigenvalue weighted by atomic mass is 10.3. The molecule has 3 N–H and O–H groups in total. The highest BCUT2D eigenvalue weighted by molar-refractivity contribution is 7.95. The third kappa shape index (κ3) is 5.38. The normalized spacial score (nSPS) is 13.5. The van der Waals surface area contributed by atoms with Crippen LogP contribution in [-0.4, -0.2) is 25.0 Å². The van der Waals surface area contributed by atoms with Gasteiger partial charge in [0.05, 0.1) is 4.99 Å². The van der Waals surface area contributed by atoms with Gasteiger partial charge in [0.1, 0.15) is 11.0 Å². The van der Waals surface area contributed by atoms with Crippen molar-refractivity contribution in [1.29, 1.82) is 0 Å². The van der Waals surface area contributed by atoms with E-state index >= 15 is 0 Å². The highest BCUT2D eigenvalue weighted by atomic mass is 32.2. The number of sulfonamides is 1. The minimum Gasteiger partial charge on any atom is -0.406 e. The summed E-state index contributed by atoms with van der Waals surface area (Å²) in [6, 6.07) is 4.27. The van der Waals surface area contributed by atoms with E-state index in [0.29, 0.717) is 0 Å². The maximum absolute atomic E-state index is 12.0. The maximum atomic E-state index is 12.0. The van der Waals surface area contributed by atoms with Crippen molar-refractivity contribution >= 4 is 32.9 Å². The van der Waals surface area contributed by atoms with Gasteiger partial charge in [0.2, 0.25) is 10.0 Å². The number of halogens is 3. The molecule has 10 heteroatoms. The van der Waals surface area contributed by atoms with Crippen molar-refractivity contribution in [2.45, 2.75) is 25.0 Å². The van der Waals surface area contributed by atoms with Crippen LogP contribution < -0.4 is 15.2 Å². The maximum Gasteiger partial charge on any atom is 0.573 e. The van der Waals surface area contributed by atoms with Gasteiger partial charge in [-0.25, -0.2) is 8.42 Å². The molecule has 0 spiro atoms. The van der Waals surface area contributed by atoms with Crippen molar-refractivity contribution in [2.24, 2.45) is 5.73 Å². The van der Waals surface area contributed by atoms with E-state index in [1.54, 1.807) is 6.92 Å². The molecule has 0 aliphatic carbocycles. The number of nitrogens with two attached hydrogens (primary N) is 1. The van der Waals surface area contributed by atoms with Crippen LogP contribution >= 0.6 is 12.2 Å². The molecule has 0 amide bonds. The molecule has 118 valence electrons. The summed E-state index contributed by atoms with van der Waals surface area (Å²) in [6.07, 6.45) is -4.62. The van der Waals surface area contributed by atoms with Gasteiger partial charge < -0.3 is 10.5 Å². The van der Waals surface area contributed by atoms with Gasteiger partial charge in [-0.15, -0.1) is 13.2 Å². The molecule has 0 fully saturated rings. The van der Waals surface area contributed by atoms with E-state index in [2.05, 4.69) is 21.7 Å². The molecule has 0 saturated carbocycles. The first kappa shape index (κ1) is 17.5. The summed E-state index contributed by atoms with van der Waals surface area (Å²) in [5.74, 6) is -0.452. The first-order valence-electron chi connectivity index (χ1n) is 5.72. The van der Waals surface area contributed by atoms with Crippen molar-refractivity contribution in [3.05, 3.63) is 24.3 Å². The zero-order valence-corrected chi connectivity index (χ0v) is 12.5. The Hall–Kier alpha value is -1.55. The summed E-state index contributed by atoms with van der Waals surface area (Å²) >= 11 is 4.67. The molecule has 0 aliphatic rings. The van der Waals surface area contributed by atoms with Crippen LogP contribution in [0.25, 0.3) is 0 Å². The van der Waals surface area contributed by atoms with Crippen LogP contribution in [0.15, 0.2) is 24.3 Å². The van der Waals surface area contributed by atoms with Gasteiger partial charge in [-0.1, -0.05) is 19.1 Å². The fourth-order valence-corrected chi connectivity index (χ4v) is 3.43. The molecule has 1 rings (SSSR count). The molecule has 1 atom stereocenters. The van der Waals surface area contributed by atoms with Crippen LogP contribution in [0.3, 0.4) is 0 Å². The summed E-state index contributed by atoms with van der Waals surface area (Å²) < 4.78 is 65.9. The molecule has 0 aliphatic heterocycles. The SMILES string of the molecule is CCC(C(N)=S)S(=O)(=O)Nc1ccc(OC(F)(F)F)cc1. The second-order valence-corrected chi connectivity index (χ2v) is 6.35. The Balaban J connectivity index is 2.87. The number of alkyl halides is 3. The van der Waals surface area contributed by atoms with Gasteiger partial charge in [0.15, 0.2) is 0 Å². The number of thiocarbonyl (C=S) groups is 1. The third-order valence-corrected chi connectivity index (χ3v) is 4.70. The first-order chi connectivity index (χ1) is 9.55. The van der Waals surface area contributed by atoms with Gasteiger partial charge in [-0.05, 0) is 30.7 Å². The molecule has 0 bridgehead atoms. The zero-order valence-electron chi connectivity index (χ0n) is 10.8. The largest absolute Gasteiger partial charge is 0.573 e. The van der Waals surface area contributed by atoms with Crippen molar-refractivity contribution < 1.29 is 26.3 Å². The molecule has 0 aromatic heterocycles. The number of anilines is 1. The highest BCUT2D eigenvalue weighted by Gasteiger charge is 2.31. The van der Waals surface area contributed by atoms with Crippen LogP contribution in [-0.2, 0) is 10.0 Å². The van der Waals surface area contributed by atoms with Gasteiger partial charge in [-0.2, -0.15) is 0 Å². The molecule has 0 heterocycles. The van der Waals surface area contributed by atoms with E-state index in [-0.39, 0.29) is 17.1 Å². The van der Waals surface area contributed by atoms with Crippen LogP contribution in [0.4, 0.5) is 18.9 Å². The van der Waals surface area contributed by atoms with Gasteiger partial charge >= 0.3 is 6.36 Å². The van der Waals surface area contributed by atoms with Crippen LogP contribution in [0.1, 0.15) is 13.3 Å². The Bertz CT molecular complexity index is 600. The number of hydrogen-bond donors (Lipinski definition) is 2. The molecule has 5 nitrogen and oxygen atoms in total. The smallest absolute Gasteiger partial charge is 0.406 e. The Morgan fingerprint density at radius 3 is 2.29 bits per heavy atom. The van der Waals surface area contributed by atoms with Crippen molar-refractivity contribution in [3.8, 4) is 5.75 Å². The predicted octanol–water partition coefficient (Wildman–Crippen LogP) is 2.39. The first-order valence-corrected chi connectivity index (χ1v) is 7.67. The van der Waals surface area contributed by atoms with Crippen LogP contribution in [0.2, 0.25) is 0 Å². The lowest BCUT2D eigenvalue weighted by molar-refractivity contribution is -0.274. The number of ether oxygens (including phenoxy) is 1.